The number of thioether (sulfide) groups is 1. The summed E-state index contributed by atoms with van der Waals surface area (Å²) in [4.78, 5) is 14.1. The van der Waals surface area contributed by atoms with Crippen molar-refractivity contribution < 1.29 is 4.79 Å². The fraction of sp³-hybridized carbons (Fsp3) is 0.278. The summed E-state index contributed by atoms with van der Waals surface area (Å²) in [7, 11) is 3.62. The van der Waals surface area contributed by atoms with Crippen molar-refractivity contribution in [2.24, 2.45) is 0 Å². The van der Waals surface area contributed by atoms with Gasteiger partial charge in [-0.1, -0.05) is 54.6 Å². The third-order valence-corrected chi connectivity index (χ3v) is 4.72. The first kappa shape index (κ1) is 15.6. The number of amides is 1. The van der Waals surface area contributed by atoms with Gasteiger partial charge in [-0.25, -0.2) is 0 Å². The van der Waals surface area contributed by atoms with Crippen LogP contribution in [0.3, 0.4) is 0 Å². The van der Waals surface area contributed by atoms with E-state index in [1.807, 2.05) is 56.6 Å². The van der Waals surface area contributed by atoms with Gasteiger partial charge in [0, 0.05) is 19.8 Å². The SMILES string of the molecule is Cc1ccccc1CSC(C(=O)N(C)C)c1ccccc1. The van der Waals surface area contributed by atoms with E-state index in [9.17, 15) is 4.79 Å². The van der Waals surface area contributed by atoms with Crippen molar-refractivity contribution in [1.82, 2.24) is 4.90 Å². The van der Waals surface area contributed by atoms with Gasteiger partial charge in [0.1, 0.15) is 5.25 Å². The van der Waals surface area contributed by atoms with Crippen molar-refractivity contribution in [2.45, 2.75) is 17.9 Å². The summed E-state index contributed by atoms with van der Waals surface area (Å²) in [5.41, 5.74) is 3.62. The highest BCUT2D eigenvalue weighted by molar-refractivity contribution is 7.99. The Kier molecular flexibility index (Phi) is 5.45. The highest BCUT2D eigenvalue weighted by Crippen LogP contribution is 2.33. The quantitative estimate of drug-likeness (QED) is 0.830. The normalized spacial score (nSPS) is 12.0. The zero-order valence-corrected chi connectivity index (χ0v) is 13.6. The molecule has 3 heteroatoms. The molecule has 0 aliphatic carbocycles. The molecule has 1 unspecified atom stereocenters. The zero-order valence-electron chi connectivity index (χ0n) is 12.7. The lowest BCUT2D eigenvalue weighted by Crippen LogP contribution is -2.26. The van der Waals surface area contributed by atoms with E-state index in [4.69, 9.17) is 0 Å². The number of aryl methyl sites for hydroxylation is 1. The highest BCUT2D eigenvalue weighted by atomic mass is 32.2. The first-order valence-electron chi connectivity index (χ1n) is 7.02. The lowest BCUT2D eigenvalue weighted by Gasteiger charge is -2.21. The summed E-state index contributed by atoms with van der Waals surface area (Å²) in [5.74, 6) is 0.978. The Morgan fingerprint density at radius 1 is 1.05 bits per heavy atom. The summed E-state index contributed by atoms with van der Waals surface area (Å²) >= 11 is 1.69. The number of nitrogens with zero attached hydrogens (tertiary/aromatic N) is 1. The molecule has 1 amide bonds. The fourth-order valence-corrected chi connectivity index (χ4v) is 3.49. The van der Waals surface area contributed by atoms with Crippen molar-refractivity contribution in [3.05, 3.63) is 71.3 Å². The highest BCUT2D eigenvalue weighted by Gasteiger charge is 2.22. The fourth-order valence-electron chi connectivity index (χ4n) is 2.12. The van der Waals surface area contributed by atoms with E-state index in [-0.39, 0.29) is 11.2 Å². The van der Waals surface area contributed by atoms with E-state index >= 15 is 0 Å². The van der Waals surface area contributed by atoms with Gasteiger partial charge in [0.2, 0.25) is 5.91 Å². The molecule has 1 atom stereocenters. The Bertz CT molecular complexity index is 595. The Morgan fingerprint density at radius 2 is 1.67 bits per heavy atom. The Balaban J connectivity index is 2.17. The molecule has 0 N–H and O–H groups in total. The Labute approximate surface area is 131 Å². The monoisotopic (exact) mass is 299 g/mol. The molecule has 0 aliphatic rings. The standard InChI is InChI=1S/C18H21NOS/c1-14-9-7-8-12-16(14)13-21-17(18(20)19(2)3)15-10-5-4-6-11-15/h4-12,17H,13H2,1-3H3. The summed E-state index contributed by atoms with van der Waals surface area (Å²) in [6.07, 6.45) is 0. The summed E-state index contributed by atoms with van der Waals surface area (Å²) < 4.78 is 0. The van der Waals surface area contributed by atoms with Crippen LogP contribution >= 0.6 is 11.8 Å². The molecule has 2 nitrogen and oxygen atoms in total. The van der Waals surface area contributed by atoms with Crippen LogP contribution in [0.15, 0.2) is 54.6 Å². The van der Waals surface area contributed by atoms with Crippen LogP contribution < -0.4 is 0 Å². The maximum Gasteiger partial charge on any atom is 0.239 e. The third-order valence-electron chi connectivity index (χ3n) is 3.43. The van der Waals surface area contributed by atoms with Gasteiger partial charge in [0.15, 0.2) is 0 Å². The molecule has 0 radical (unpaired) electrons. The second kappa shape index (κ2) is 7.32. The molecule has 2 aromatic carbocycles. The van der Waals surface area contributed by atoms with Crippen LogP contribution in [-0.2, 0) is 10.5 Å². The van der Waals surface area contributed by atoms with Crippen molar-refractivity contribution in [3.8, 4) is 0 Å². The van der Waals surface area contributed by atoms with Gasteiger partial charge in [0.25, 0.3) is 0 Å². The van der Waals surface area contributed by atoms with Crippen LogP contribution in [-0.4, -0.2) is 24.9 Å². The minimum absolute atomic E-state index is 0.139. The number of hydrogen-bond donors (Lipinski definition) is 0. The van der Waals surface area contributed by atoms with Crippen LogP contribution in [0.4, 0.5) is 0 Å². The number of benzene rings is 2. The first-order chi connectivity index (χ1) is 10.1. The van der Waals surface area contributed by atoms with Gasteiger partial charge in [-0.15, -0.1) is 11.8 Å². The second-order valence-corrected chi connectivity index (χ2v) is 6.35. The molecule has 0 aromatic heterocycles. The number of likely N-dealkylation sites (N-methyl/N-ethyl adjacent to an activating group) is 1. The van der Waals surface area contributed by atoms with Gasteiger partial charge in [0.05, 0.1) is 0 Å². The van der Waals surface area contributed by atoms with Crippen molar-refractivity contribution in [2.75, 3.05) is 14.1 Å². The smallest absolute Gasteiger partial charge is 0.239 e. The Morgan fingerprint density at radius 3 is 2.29 bits per heavy atom. The van der Waals surface area contributed by atoms with Crippen LogP contribution in [0.5, 0.6) is 0 Å². The predicted molar refractivity (Wildman–Crippen MR) is 90.4 cm³/mol. The van der Waals surface area contributed by atoms with Gasteiger partial charge in [-0.05, 0) is 23.6 Å². The minimum Gasteiger partial charge on any atom is -0.348 e. The van der Waals surface area contributed by atoms with Crippen molar-refractivity contribution >= 4 is 17.7 Å². The molecular weight excluding hydrogens is 278 g/mol. The van der Waals surface area contributed by atoms with E-state index in [0.717, 1.165) is 11.3 Å². The minimum atomic E-state index is -0.152. The molecule has 0 spiro atoms. The second-order valence-electron chi connectivity index (χ2n) is 5.26. The molecule has 21 heavy (non-hydrogen) atoms. The number of carbonyl (C=O) groups is 1. The predicted octanol–water partition coefficient (Wildman–Crippen LogP) is 4.06. The lowest BCUT2D eigenvalue weighted by molar-refractivity contribution is -0.128. The van der Waals surface area contributed by atoms with E-state index < -0.39 is 0 Å². The molecular formula is C18H21NOS. The molecule has 0 saturated heterocycles. The molecule has 0 saturated carbocycles. The Hall–Kier alpha value is -1.74. The summed E-state index contributed by atoms with van der Waals surface area (Å²) in [6, 6.07) is 18.3. The number of hydrogen-bond acceptors (Lipinski definition) is 2. The van der Waals surface area contributed by atoms with Crippen LogP contribution in [0, 0.1) is 6.92 Å². The third kappa shape index (κ3) is 4.11. The maximum atomic E-state index is 12.5. The van der Waals surface area contributed by atoms with Crippen molar-refractivity contribution in [1.29, 1.82) is 0 Å². The van der Waals surface area contributed by atoms with Crippen LogP contribution in [0.2, 0.25) is 0 Å². The molecule has 2 rings (SSSR count). The average Bonchev–Trinajstić information content (AvgIpc) is 2.50. The van der Waals surface area contributed by atoms with E-state index in [0.29, 0.717) is 0 Å². The van der Waals surface area contributed by atoms with E-state index in [2.05, 4.69) is 19.1 Å². The van der Waals surface area contributed by atoms with Gasteiger partial charge in [-0.3, -0.25) is 4.79 Å². The lowest BCUT2D eigenvalue weighted by atomic mass is 10.1. The molecule has 0 fully saturated rings. The van der Waals surface area contributed by atoms with E-state index in [1.165, 1.54) is 11.1 Å². The molecule has 0 aliphatic heterocycles. The average molecular weight is 299 g/mol. The molecule has 0 heterocycles. The largest absolute Gasteiger partial charge is 0.348 e. The summed E-state index contributed by atoms with van der Waals surface area (Å²) in [6.45, 7) is 2.11. The van der Waals surface area contributed by atoms with Gasteiger partial charge >= 0.3 is 0 Å². The first-order valence-corrected chi connectivity index (χ1v) is 8.06. The topological polar surface area (TPSA) is 20.3 Å². The molecule has 110 valence electrons. The van der Waals surface area contributed by atoms with Gasteiger partial charge < -0.3 is 4.90 Å². The summed E-state index contributed by atoms with van der Waals surface area (Å²) in [5, 5.41) is -0.152. The zero-order chi connectivity index (χ0) is 15.2. The maximum absolute atomic E-state index is 12.5. The van der Waals surface area contributed by atoms with Gasteiger partial charge in [-0.2, -0.15) is 0 Å². The molecule has 0 bridgehead atoms. The molecule has 2 aromatic rings. The van der Waals surface area contributed by atoms with E-state index in [1.54, 1.807) is 16.7 Å². The number of carbonyl (C=O) groups excluding carboxylic acids is 1. The van der Waals surface area contributed by atoms with Crippen LogP contribution in [0.25, 0.3) is 0 Å². The number of rotatable bonds is 5. The van der Waals surface area contributed by atoms with Crippen LogP contribution in [0.1, 0.15) is 21.9 Å². The van der Waals surface area contributed by atoms with Crippen molar-refractivity contribution in [3.63, 3.8) is 0 Å².